The van der Waals surface area contributed by atoms with Crippen LogP contribution < -0.4 is 5.32 Å². The van der Waals surface area contributed by atoms with E-state index in [1.807, 2.05) is 6.07 Å². The van der Waals surface area contributed by atoms with Crippen LogP contribution in [0.25, 0.3) is 5.88 Å². The lowest BCUT2D eigenvalue weighted by atomic mass is 10.1. The third kappa shape index (κ3) is 4.02. The monoisotopic (exact) mass is 412 g/mol. The van der Waals surface area contributed by atoms with Crippen LogP contribution in [0, 0.1) is 34.2 Å². The number of benzene rings is 1. The van der Waals surface area contributed by atoms with Crippen molar-refractivity contribution in [3.05, 3.63) is 75.5 Å². The number of halogens is 1. The normalized spacial score (nSPS) is 10.3. The molecular weight excluding hydrogens is 399 g/mol. The number of nitro benzene ring substituents is 1. The fourth-order valence-corrected chi connectivity index (χ4v) is 2.64. The lowest BCUT2D eigenvalue weighted by molar-refractivity contribution is -0.384. The van der Waals surface area contributed by atoms with Crippen LogP contribution in [0.5, 0.6) is 0 Å². The largest absolute Gasteiger partial charge is 0.452 e. The lowest BCUT2D eigenvalue weighted by Crippen LogP contribution is -2.22. The van der Waals surface area contributed by atoms with E-state index in [2.05, 4.69) is 5.32 Å². The number of ether oxygens (including phenoxy) is 1. The average molecular weight is 412 g/mol. The molecule has 11 heteroatoms. The molecule has 1 N–H and O–H groups in total. The van der Waals surface area contributed by atoms with Gasteiger partial charge in [-0.2, -0.15) is 5.26 Å². The van der Waals surface area contributed by atoms with E-state index < -0.39 is 40.6 Å². The van der Waals surface area contributed by atoms with Crippen molar-refractivity contribution in [1.29, 1.82) is 5.26 Å². The highest BCUT2D eigenvalue weighted by Crippen LogP contribution is 2.26. The lowest BCUT2D eigenvalue weighted by Gasteiger charge is -2.07. The first-order chi connectivity index (χ1) is 14.3. The summed E-state index contributed by atoms with van der Waals surface area (Å²) in [5, 5.41) is 22.3. The molecule has 0 radical (unpaired) electrons. The van der Waals surface area contributed by atoms with Gasteiger partial charge in [0.15, 0.2) is 6.61 Å². The summed E-state index contributed by atoms with van der Waals surface area (Å²) in [5.74, 6) is -2.57. The van der Waals surface area contributed by atoms with Gasteiger partial charge in [0, 0.05) is 24.5 Å². The second kappa shape index (κ2) is 8.27. The Balaban J connectivity index is 1.72. The molecule has 2 aromatic heterocycles. The quantitative estimate of drug-likeness (QED) is 0.373. The topological polar surface area (TPSA) is 140 Å². The van der Waals surface area contributed by atoms with E-state index in [9.17, 15) is 29.4 Å². The van der Waals surface area contributed by atoms with Gasteiger partial charge in [0.2, 0.25) is 5.88 Å². The number of carbonyl (C=O) groups is 2. The molecule has 0 unspecified atom stereocenters. The molecule has 1 aromatic carbocycles. The van der Waals surface area contributed by atoms with E-state index in [0.29, 0.717) is 0 Å². The molecule has 0 bridgehead atoms. The van der Waals surface area contributed by atoms with Gasteiger partial charge in [0.05, 0.1) is 10.6 Å². The zero-order valence-corrected chi connectivity index (χ0v) is 15.4. The molecule has 152 valence electrons. The fourth-order valence-electron chi connectivity index (χ4n) is 2.64. The number of aromatic nitrogens is 1. The van der Waals surface area contributed by atoms with Crippen LogP contribution in [-0.2, 0) is 9.53 Å². The van der Waals surface area contributed by atoms with Crippen molar-refractivity contribution < 1.29 is 28.1 Å². The Bertz CT molecular complexity index is 1180. The molecule has 0 saturated heterocycles. The van der Waals surface area contributed by atoms with E-state index in [0.717, 1.165) is 18.2 Å². The van der Waals surface area contributed by atoms with Gasteiger partial charge in [0.1, 0.15) is 28.8 Å². The molecular formula is C19H13FN4O6. The summed E-state index contributed by atoms with van der Waals surface area (Å²) >= 11 is 0. The van der Waals surface area contributed by atoms with E-state index in [1.54, 1.807) is 24.5 Å². The van der Waals surface area contributed by atoms with Gasteiger partial charge in [0.25, 0.3) is 11.6 Å². The molecule has 0 fully saturated rings. The summed E-state index contributed by atoms with van der Waals surface area (Å²) in [5.41, 5.74) is -1.07. The van der Waals surface area contributed by atoms with Crippen LogP contribution in [-0.4, -0.2) is 28.0 Å². The molecule has 0 spiro atoms. The molecule has 3 aromatic rings. The Morgan fingerprint density at radius 2 is 2.07 bits per heavy atom. The zero-order valence-electron chi connectivity index (χ0n) is 15.4. The maximum absolute atomic E-state index is 13.8. The molecule has 30 heavy (non-hydrogen) atoms. The average Bonchev–Trinajstić information content (AvgIpc) is 3.35. The number of non-ortho nitro benzene ring substituents is 1. The highest BCUT2D eigenvalue weighted by molar-refractivity contribution is 5.98. The molecule has 2 heterocycles. The minimum absolute atomic E-state index is 0.0705. The summed E-state index contributed by atoms with van der Waals surface area (Å²) in [7, 11) is 0. The Morgan fingerprint density at radius 1 is 1.37 bits per heavy atom. The van der Waals surface area contributed by atoms with Crippen molar-refractivity contribution in [3.63, 3.8) is 0 Å². The van der Waals surface area contributed by atoms with E-state index in [1.165, 1.54) is 11.5 Å². The number of hydrogen-bond donors (Lipinski definition) is 1. The van der Waals surface area contributed by atoms with Crippen LogP contribution in [0.3, 0.4) is 0 Å². The number of hydrogen-bond acceptors (Lipinski definition) is 7. The van der Waals surface area contributed by atoms with E-state index in [4.69, 9.17) is 9.15 Å². The Morgan fingerprint density at radius 3 is 2.70 bits per heavy atom. The summed E-state index contributed by atoms with van der Waals surface area (Å²) in [6.07, 6.45) is 3.24. The van der Waals surface area contributed by atoms with Crippen molar-refractivity contribution in [2.45, 2.75) is 6.92 Å². The van der Waals surface area contributed by atoms with Gasteiger partial charge >= 0.3 is 5.97 Å². The molecule has 0 aliphatic carbocycles. The van der Waals surface area contributed by atoms with Gasteiger partial charge in [-0.05, 0) is 25.1 Å². The third-order valence-electron chi connectivity index (χ3n) is 3.99. The van der Waals surface area contributed by atoms with E-state index >= 15 is 0 Å². The summed E-state index contributed by atoms with van der Waals surface area (Å²) in [6.45, 7) is 0.651. The summed E-state index contributed by atoms with van der Waals surface area (Å²) in [6, 6.07) is 7.89. The number of nitrogens with one attached hydrogen (secondary N) is 1. The molecule has 0 aliphatic heterocycles. The van der Waals surface area contributed by atoms with Crippen molar-refractivity contribution in [1.82, 2.24) is 4.57 Å². The van der Waals surface area contributed by atoms with Crippen LogP contribution in [0.4, 0.5) is 15.8 Å². The second-order valence-electron chi connectivity index (χ2n) is 5.96. The Hall–Kier alpha value is -4.46. The predicted molar refractivity (Wildman–Crippen MR) is 99.5 cm³/mol. The highest BCUT2D eigenvalue weighted by atomic mass is 19.1. The van der Waals surface area contributed by atoms with Crippen LogP contribution >= 0.6 is 0 Å². The van der Waals surface area contributed by atoms with Crippen LogP contribution in [0.15, 0.2) is 47.1 Å². The molecule has 1 amide bonds. The third-order valence-corrected chi connectivity index (χ3v) is 3.99. The number of nitro groups is 1. The van der Waals surface area contributed by atoms with Gasteiger partial charge in [-0.3, -0.25) is 19.5 Å². The number of carbonyl (C=O) groups excluding carboxylic acids is 2. The summed E-state index contributed by atoms with van der Waals surface area (Å²) < 4.78 is 25.6. The van der Waals surface area contributed by atoms with Crippen molar-refractivity contribution >= 4 is 23.3 Å². The van der Waals surface area contributed by atoms with Crippen molar-refractivity contribution in [2.24, 2.45) is 0 Å². The molecule has 10 nitrogen and oxygen atoms in total. The second-order valence-corrected chi connectivity index (χ2v) is 5.96. The highest BCUT2D eigenvalue weighted by Gasteiger charge is 2.26. The first-order valence-corrected chi connectivity index (χ1v) is 8.39. The number of nitrogens with zero attached hydrogens (tertiary/aromatic N) is 3. The van der Waals surface area contributed by atoms with Crippen molar-refractivity contribution in [3.8, 4) is 12.0 Å². The maximum Gasteiger partial charge on any atom is 0.343 e. The number of furan rings is 1. The van der Waals surface area contributed by atoms with Gasteiger partial charge in [-0.15, -0.1) is 0 Å². The smallest absolute Gasteiger partial charge is 0.343 e. The molecule has 3 rings (SSSR count). The predicted octanol–water partition coefficient (Wildman–Crippen LogP) is 3.09. The SMILES string of the molecule is Cc1oc(-n2cccc2)c(C#N)c1C(=O)OCC(=O)Nc1cc([N+](=O)[O-])ccc1F. The first-order valence-electron chi connectivity index (χ1n) is 8.39. The zero-order chi connectivity index (χ0) is 21.8. The van der Waals surface area contributed by atoms with Gasteiger partial charge < -0.3 is 14.5 Å². The van der Waals surface area contributed by atoms with Gasteiger partial charge in [-0.1, -0.05) is 0 Å². The minimum atomic E-state index is -0.985. The summed E-state index contributed by atoms with van der Waals surface area (Å²) in [4.78, 5) is 34.4. The number of aryl methyl sites for hydroxylation is 1. The number of rotatable bonds is 6. The Labute approximate surface area is 168 Å². The fraction of sp³-hybridized carbons (Fsp3) is 0.105. The number of esters is 1. The maximum atomic E-state index is 13.8. The molecule has 0 atom stereocenters. The minimum Gasteiger partial charge on any atom is -0.452 e. The standard InChI is InChI=1S/C19H13FN4O6/c1-11-17(13(9-21)18(30-11)23-6-2-3-7-23)19(26)29-10-16(25)22-15-8-12(24(27)28)4-5-14(15)20/h2-8H,10H2,1H3,(H,22,25). The number of nitriles is 1. The molecule has 0 aliphatic rings. The van der Waals surface area contributed by atoms with Crippen LogP contribution in [0.1, 0.15) is 21.7 Å². The van der Waals surface area contributed by atoms with Gasteiger partial charge in [-0.25, -0.2) is 9.18 Å². The number of amides is 1. The van der Waals surface area contributed by atoms with Crippen molar-refractivity contribution in [2.75, 3.05) is 11.9 Å². The first kappa shape index (κ1) is 20.3. The molecule has 0 saturated carbocycles. The number of anilines is 1. The van der Waals surface area contributed by atoms with Crippen LogP contribution in [0.2, 0.25) is 0 Å². The van der Waals surface area contributed by atoms with E-state index in [-0.39, 0.29) is 22.8 Å². The Kier molecular flexibility index (Phi) is 5.59.